The minimum absolute atomic E-state index is 0.00765. The van der Waals surface area contributed by atoms with E-state index in [0.29, 0.717) is 5.39 Å². The molecular formula is C14H17ClN2O2S. The molecule has 2 aromatic heterocycles. The number of Topliss-reactive ketones (excluding diaryl/α,β-unsaturated/α-hetero) is 1. The van der Waals surface area contributed by atoms with Crippen molar-refractivity contribution in [2.45, 2.75) is 39.2 Å². The van der Waals surface area contributed by atoms with Crippen molar-refractivity contribution in [2.24, 2.45) is 0 Å². The van der Waals surface area contributed by atoms with Gasteiger partial charge >= 0.3 is 0 Å². The molecule has 20 heavy (non-hydrogen) atoms. The normalized spacial score (nSPS) is 11.1. The van der Waals surface area contributed by atoms with Crippen LogP contribution in [-0.4, -0.2) is 21.2 Å². The van der Waals surface area contributed by atoms with E-state index < -0.39 is 0 Å². The van der Waals surface area contributed by atoms with Crippen LogP contribution < -0.4 is 5.56 Å². The van der Waals surface area contributed by atoms with Crippen LogP contribution in [0.4, 0.5) is 0 Å². The van der Waals surface area contributed by atoms with E-state index in [1.165, 1.54) is 28.6 Å². The number of aryl methyl sites for hydroxylation is 1. The first-order valence-corrected chi connectivity index (χ1v) is 8.06. The smallest absolute Gasteiger partial charge is 0.262 e. The fourth-order valence-corrected chi connectivity index (χ4v) is 3.14. The van der Waals surface area contributed by atoms with Crippen molar-refractivity contribution in [3.63, 3.8) is 0 Å². The lowest BCUT2D eigenvalue weighted by Crippen LogP contribution is -2.24. The maximum absolute atomic E-state index is 12.3. The molecule has 2 heterocycles. The van der Waals surface area contributed by atoms with E-state index in [9.17, 15) is 9.59 Å². The van der Waals surface area contributed by atoms with Gasteiger partial charge in [0.15, 0.2) is 5.78 Å². The van der Waals surface area contributed by atoms with Gasteiger partial charge in [0.1, 0.15) is 4.83 Å². The van der Waals surface area contributed by atoms with Gasteiger partial charge in [0.2, 0.25) is 0 Å². The second kappa shape index (κ2) is 6.99. The van der Waals surface area contributed by atoms with Crippen molar-refractivity contribution < 1.29 is 4.79 Å². The fourth-order valence-electron chi connectivity index (χ4n) is 2.03. The number of aromatic nitrogens is 2. The highest BCUT2D eigenvalue weighted by Crippen LogP contribution is 2.22. The maximum Gasteiger partial charge on any atom is 0.262 e. The standard InChI is InChI=1S/C14H17ClN2O2S/c1-2-3-4-5-11-6-12-13(20-11)16-9-17(14(12)19)8-10(18)7-15/h6,9H,2-5,7-8H2,1H3. The van der Waals surface area contributed by atoms with E-state index in [0.717, 1.165) is 17.7 Å². The van der Waals surface area contributed by atoms with Gasteiger partial charge in [0, 0.05) is 4.88 Å². The molecule has 0 aliphatic heterocycles. The minimum atomic E-state index is -0.187. The zero-order valence-corrected chi connectivity index (χ0v) is 13.0. The third-order valence-electron chi connectivity index (χ3n) is 3.09. The molecule has 6 heteroatoms. The van der Waals surface area contributed by atoms with E-state index in [-0.39, 0.29) is 23.8 Å². The highest BCUT2D eigenvalue weighted by Gasteiger charge is 2.10. The predicted octanol–water partition coefficient (Wildman–Crippen LogP) is 3.00. The Morgan fingerprint density at radius 3 is 2.95 bits per heavy atom. The Morgan fingerprint density at radius 2 is 2.25 bits per heavy atom. The van der Waals surface area contributed by atoms with E-state index in [1.807, 2.05) is 6.07 Å². The van der Waals surface area contributed by atoms with Crippen molar-refractivity contribution >= 4 is 38.9 Å². The topological polar surface area (TPSA) is 52.0 Å². The second-order valence-corrected chi connectivity index (χ2v) is 6.12. The number of nitrogens with zero attached hydrogens (tertiary/aromatic N) is 2. The molecule has 0 saturated heterocycles. The van der Waals surface area contributed by atoms with Gasteiger partial charge in [-0.3, -0.25) is 14.2 Å². The van der Waals surface area contributed by atoms with Crippen molar-refractivity contribution in [1.29, 1.82) is 0 Å². The molecule has 0 N–H and O–H groups in total. The van der Waals surface area contributed by atoms with Crippen molar-refractivity contribution in [3.8, 4) is 0 Å². The number of hydrogen-bond acceptors (Lipinski definition) is 4. The van der Waals surface area contributed by atoms with Crippen LogP contribution >= 0.6 is 22.9 Å². The molecule has 0 bridgehead atoms. The van der Waals surface area contributed by atoms with Gasteiger partial charge in [-0.15, -0.1) is 22.9 Å². The van der Waals surface area contributed by atoms with Gasteiger partial charge in [-0.25, -0.2) is 4.98 Å². The third-order valence-corrected chi connectivity index (χ3v) is 4.49. The molecule has 0 aliphatic rings. The van der Waals surface area contributed by atoms with Crippen LogP contribution in [0.5, 0.6) is 0 Å². The lowest BCUT2D eigenvalue weighted by molar-refractivity contribution is -0.117. The Labute approximate surface area is 126 Å². The molecule has 0 unspecified atom stereocenters. The van der Waals surface area contributed by atoms with Crippen LogP contribution in [0, 0.1) is 0 Å². The molecule has 108 valence electrons. The molecule has 4 nitrogen and oxygen atoms in total. The number of hydrogen-bond donors (Lipinski definition) is 0. The molecule has 2 aromatic rings. The molecule has 0 amide bonds. The summed E-state index contributed by atoms with van der Waals surface area (Å²) in [6.45, 7) is 2.16. The largest absolute Gasteiger partial charge is 0.296 e. The number of thiophene rings is 1. The quantitative estimate of drug-likeness (QED) is 0.583. The zero-order chi connectivity index (χ0) is 14.5. The highest BCUT2D eigenvalue weighted by atomic mass is 35.5. The Bertz CT molecular complexity index is 663. The number of rotatable bonds is 7. The van der Waals surface area contributed by atoms with Gasteiger partial charge in [0.25, 0.3) is 5.56 Å². The molecule has 0 aliphatic carbocycles. The maximum atomic E-state index is 12.3. The summed E-state index contributed by atoms with van der Waals surface area (Å²) >= 11 is 7.02. The first kappa shape index (κ1) is 15.2. The molecular weight excluding hydrogens is 296 g/mol. The second-order valence-electron chi connectivity index (χ2n) is 4.74. The summed E-state index contributed by atoms with van der Waals surface area (Å²) in [7, 11) is 0. The number of fused-ring (bicyclic) bond motifs is 1. The first-order chi connectivity index (χ1) is 9.65. The van der Waals surface area contributed by atoms with Crippen LogP contribution in [0.2, 0.25) is 0 Å². The molecule has 0 spiro atoms. The Kier molecular flexibility index (Phi) is 5.31. The summed E-state index contributed by atoms with van der Waals surface area (Å²) in [4.78, 5) is 29.8. The monoisotopic (exact) mass is 312 g/mol. The molecule has 0 atom stereocenters. The van der Waals surface area contributed by atoms with E-state index in [4.69, 9.17) is 11.6 Å². The number of alkyl halides is 1. The SMILES string of the molecule is CCCCCc1cc2c(=O)n(CC(=O)CCl)cnc2s1. The van der Waals surface area contributed by atoms with Gasteiger partial charge in [0.05, 0.1) is 24.1 Å². The zero-order valence-electron chi connectivity index (χ0n) is 11.4. The average molecular weight is 313 g/mol. The average Bonchev–Trinajstić information content (AvgIpc) is 2.86. The number of unbranched alkanes of at least 4 members (excludes halogenated alkanes) is 2. The lowest BCUT2D eigenvalue weighted by atomic mass is 10.2. The van der Waals surface area contributed by atoms with Crippen LogP contribution in [0.1, 0.15) is 31.1 Å². The van der Waals surface area contributed by atoms with Crippen LogP contribution in [0.15, 0.2) is 17.2 Å². The van der Waals surface area contributed by atoms with Gasteiger partial charge in [-0.2, -0.15) is 0 Å². The van der Waals surface area contributed by atoms with Gasteiger partial charge < -0.3 is 0 Å². The summed E-state index contributed by atoms with van der Waals surface area (Å²) < 4.78 is 1.33. The molecule has 0 fully saturated rings. The summed E-state index contributed by atoms with van der Waals surface area (Å²) in [5, 5.41) is 0.603. The predicted molar refractivity (Wildman–Crippen MR) is 82.8 cm³/mol. The van der Waals surface area contributed by atoms with Crippen molar-refractivity contribution in [1.82, 2.24) is 9.55 Å². The Hall–Kier alpha value is -1.20. The summed E-state index contributed by atoms with van der Waals surface area (Å²) in [6, 6.07) is 1.91. The minimum Gasteiger partial charge on any atom is -0.296 e. The number of halogens is 1. The number of carbonyl (C=O) groups excluding carboxylic acids is 1. The highest BCUT2D eigenvalue weighted by molar-refractivity contribution is 7.18. The molecule has 0 radical (unpaired) electrons. The molecule has 2 rings (SSSR count). The van der Waals surface area contributed by atoms with Crippen molar-refractivity contribution in [3.05, 3.63) is 27.6 Å². The first-order valence-electron chi connectivity index (χ1n) is 6.71. The van der Waals surface area contributed by atoms with Gasteiger partial charge in [-0.1, -0.05) is 19.8 Å². The van der Waals surface area contributed by atoms with Crippen LogP contribution in [0.3, 0.4) is 0 Å². The van der Waals surface area contributed by atoms with E-state index >= 15 is 0 Å². The number of ketones is 1. The molecule has 0 saturated carbocycles. The fraction of sp³-hybridized carbons (Fsp3) is 0.500. The van der Waals surface area contributed by atoms with Crippen molar-refractivity contribution in [2.75, 3.05) is 5.88 Å². The van der Waals surface area contributed by atoms with E-state index in [1.54, 1.807) is 11.3 Å². The Balaban J connectivity index is 2.26. The number of carbonyl (C=O) groups is 1. The lowest BCUT2D eigenvalue weighted by Gasteiger charge is -2.01. The van der Waals surface area contributed by atoms with Gasteiger partial charge in [-0.05, 0) is 18.9 Å². The summed E-state index contributed by atoms with van der Waals surface area (Å²) in [5.41, 5.74) is -0.161. The Morgan fingerprint density at radius 1 is 1.45 bits per heavy atom. The van der Waals surface area contributed by atoms with Crippen LogP contribution in [0.25, 0.3) is 10.2 Å². The molecule has 0 aromatic carbocycles. The van der Waals surface area contributed by atoms with Crippen LogP contribution in [-0.2, 0) is 17.8 Å². The summed E-state index contributed by atoms with van der Waals surface area (Å²) in [5.74, 6) is -0.274. The summed E-state index contributed by atoms with van der Waals surface area (Å²) in [6.07, 6.45) is 5.91. The third kappa shape index (κ3) is 3.46. The van der Waals surface area contributed by atoms with E-state index in [2.05, 4.69) is 11.9 Å².